The molecule has 1 aromatic heterocycles. The van der Waals surface area contributed by atoms with Gasteiger partial charge >= 0.3 is 6.09 Å². The Balaban J connectivity index is 1.35. The highest BCUT2D eigenvalue weighted by Gasteiger charge is 2.28. The Morgan fingerprint density at radius 2 is 1.80 bits per heavy atom. The molecule has 6 nitrogen and oxygen atoms in total. The summed E-state index contributed by atoms with van der Waals surface area (Å²) in [6, 6.07) is 20.9. The van der Waals surface area contributed by atoms with Crippen molar-refractivity contribution in [1.29, 1.82) is 0 Å². The molecule has 4 aromatic rings. The Labute approximate surface area is 212 Å². The lowest BCUT2D eigenvalue weighted by Crippen LogP contribution is -2.18. The van der Waals surface area contributed by atoms with Gasteiger partial charge in [0.1, 0.15) is 6.61 Å². The van der Waals surface area contributed by atoms with E-state index in [1.807, 2.05) is 36.4 Å². The molecule has 3 aromatic carbocycles. The minimum absolute atomic E-state index is 0.0331. The highest BCUT2D eigenvalue weighted by Crippen LogP contribution is 2.42. The maximum Gasteiger partial charge on any atom is 0.414 e. The van der Waals surface area contributed by atoms with Crippen molar-refractivity contribution in [2.75, 3.05) is 5.32 Å². The van der Waals surface area contributed by atoms with E-state index in [4.69, 9.17) is 33.0 Å². The third-order valence-electron chi connectivity index (χ3n) is 6.02. The van der Waals surface area contributed by atoms with Crippen molar-refractivity contribution >= 4 is 35.2 Å². The highest BCUT2D eigenvalue weighted by atomic mass is 35.5. The van der Waals surface area contributed by atoms with Gasteiger partial charge in [-0.2, -0.15) is 0 Å². The molecule has 176 valence electrons. The van der Waals surface area contributed by atoms with Crippen LogP contribution in [0, 0.1) is 0 Å². The van der Waals surface area contributed by atoms with Crippen LogP contribution in [-0.4, -0.2) is 21.2 Å². The summed E-state index contributed by atoms with van der Waals surface area (Å²) >= 11 is 12.4. The van der Waals surface area contributed by atoms with Gasteiger partial charge in [0.05, 0.1) is 22.3 Å². The number of hydrogen-bond acceptors (Lipinski definition) is 5. The smallest absolute Gasteiger partial charge is 0.414 e. The van der Waals surface area contributed by atoms with Crippen LogP contribution in [-0.2, 0) is 24.4 Å². The van der Waals surface area contributed by atoms with E-state index in [2.05, 4.69) is 21.4 Å². The van der Waals surface area contributed by atoms with Gasteiger partial charge in [-0.15, -0.1) is 0 Å². The number of nitrogens with zero attached hydrogens (tertiary/aromatic N) is 2. The third-order valence-corrected chi connectivity index (χ3v) is 6.75. The predicted octanol–water partition coefficient (Wildman–Crippen LogP) is 6.38. The molecule has 0 bridgehead atoms. The van der Waals surface area contributed by atoms with Crippen LogP contribution in [0.25, 0.3) is 11.3 Å². The molecule has 5 rings (SSSR count). The van der Waals surface area contributed by atoms with Crippen molar-refractivity contribution < 1.29 is 14.6 Å². The zero-order valence-corrected chi connectivity index (χ0v) is 20.1. The summed E-state index contributed by atoms with van der Waals surface area (Å²) in [4.78, 5) is 21.3. The number of aromatic nitrogens is 2. The van der Waals surface area contributed by atoms with Gasteiger partial charge in [-0.25, -0.2) is 14.8 Å². The topological polar surface area (TPSA) is 84.3 Å². The van der Waals surface area contributed by atoms with E-state index in [-0.39, 0.29) is 25.1 Å². The first-order valence-electron chi connectivity index (χ1n) is 11.0. The zero-order valence-electron chi connectivity index (χ0n) is 18.5. The third kappa shape index (κ3) is 5.00. The van der Waals surface area contributed by atoms with Gasteiger partial charge in [-0.3, -0.25) is 5.32 Å². The van der Waals surface area contributed by atoms with Crippen molar-refractivity contribution in [3.8, 4) is 11.3 Å². The molecule has 1 aliphatic rings. The Morgan fingerprint density at radius 1 is 1.03 bits per heavy atom. The molecule has 1 aliphatic carbocycles. The number of carbonyl (C=O) groups excluding carboxylic acids is 1. The minimum Gasteiger partial charge on any atom is -0.444 e. The largest absolute Gasteiger partial charge is 0.444 e. The summed E-state index contributed by atoms with van der Waals surface area (Å²) in [5.41, 5.74) is 6.53. The Bertz CT molecular complexity index is 1390. The number of rotatable bonds is 5. The molecular formula is C27H21Cl2N3O3. The van der Waals surface area contributed by atoms with Gasteiger partial charge in [0, 0.05) is 17.7 Å². The van der Waals surface area contributed by atoms with Gasteiger partial charge in [0.25, 0.3) is 0 Å². The number of aliphatic hydroxyl groups is 1. The summed E-state index contributed by atoms with van der Waals surface area (Å²) in [5, 5.41) is 12.8. The van der Waals surface area contributed by atoms with Crippen LogP contribution in [0.1, 0.15) is 33.7 Å². The monoisotopic (exact) mass is 505 g/mol. The van der Waals surface area contributed by atoms with E-state index in [1.165, 1.54) is 0 Å². The van der Waals surface area contributed by atoms with Gasteiger partial charge in [-0.1, -0.05) is 77.8 Å². The van der Waals surface area contributed by atoms with Gasteiger partial charge in [-0.05, 0) is 46.4 Å². The number of benzene rings is 3. The molecule has 1 heterocycles. The molecule has 8 heteroatoms. The maximum absolute atomic E-state index is 12.3. The number of amides is 1. The summed E-state index contributed by atoms with van der Waals surface area (Å²) in [5.74, 6) is 0.255. The van der Waals surface area contributed by atoms with E-state index in [0.29, 0.717) is 16.5 Å². The molecule has 0 aliphatic heterocycles. The maximum atomic E-state index is 12.3. The minimum atomic E-state index is -0.644. The molecule has 0 unspecified atom stereocenters. The number of carbonyl (C=O) groups is 1. The average Bonchev–Trinajstić information content (AvgIpc) is 2.89. The van der Waals surface area contributed by atoms with E-state index in [1.54, 1.807) is 30.5 Å². The normalized spacial score (nSPS) is 14.1. The lowest BCUT2D eigenvalue weighted by molar-refractivity contribution is 0.155. The second-order valence-corrected chi connectivity index (χ2v) is 9.08. The van der Waals surface area contributed by atoms with Crippen molar-refractivity contribution in [3.63, 3.8) is 0 Å². The second kappa shape index (κ2) is 10.0. The summed E-state index contributed by atoms with van der Waals surface area (Å²) < 4.78 is 5.30. The molecule has 0 saturated heterocycles. The van der Waals surface area contributed by atoms with Crippen LogP contribution < -0.4 is 5.32 Å². The highest BCUT2D eigenvalue weighted by molar-refractivity contribution is 6.42. The Morgan fingerprint density at radius 3 is 2.57 bits per heavy atom. The molecule has 2 N–H and O–H groups in total. The second-order valence-electron chi connectivity index (χ2n) is 8.26. The first-order valence-corrected chi connectivity index (χ1v) is 11.8. The molecule has 1 amide bonds. The Kier molecular flexibility index (Phi) is 6.68. The fourth-order valence-corrected chi connectivity index (χ4v) is 4.55. The van der Waals surface area contributed by atoms with Crippen molar-refractivity contribution in [2.45, 2.75) is 25.6 Å². The molecule has 35 heavy (non-hydrogen) atoms. The summed E-state index contributed by atoms with van der Waals surface area (Å²) in [6.07, 6.45) is 1.79. The van der Waals surface area contributed by atoms with Crippen LogP contribution in [0.3, 0.4) is 0 Å². The number of fused-ring (bicyclic) bond motifs is 3. The van der Waals surface area contributed by atoms with Crippen LogP contribution in [0.15, 0.2) is 72.9 Å². The van der Waals surface area contributed by atoms with E-state index < -0.39 is 6.09 Å². The number of ether oxygens (including phenoxy) is 1. The SMILES string of the molecule is O=C(Nc1ncc2c(n1)-c1ccccc1[C@H](c1ccc(Cl)c(Cl)c1)C2)OCc1ccc(CO)cc1. The van der Waals surface area contributed by atoms with Crippen LogP contribution in [0.5, 0.6) is 0 Å². The van der Waals surface area contributed by atoms with E-state index in [9.17, 15) is 4.79 Å². The van der Waals surface area contributed by atoms with Gasteiger partial charge < -0.3 is 9.84 Å². The lowest BCUT2D eigenvalue weighted by Gasteiger charge is -2.27. The molecule has 0 radical (unpaired) electrons. The first kappa shape index (κ1) is 23.3. The van der Waals surface area contributed by atoms with Crippen LogP contribution >= 0.6 is 23.2 Å². The molecule has 0 saturated carbocycles. The van der Waals surface area contributed by atoms with Crippen LogP contribution in [0.2, 0.25) is 10.0 Å². The van der Waals surface area contributed by atoms with E-state index in [0.717, 1.165) is 39.1 Å². The fraction of sp³-hybridized carbons (Fsp3) is 0.148. The average molecular weight is 506 g/mol. The van der Waals surface area contributed by atoms with Crippen molar-refractivity contribution in [3.05, 3.63) is 111 Å². The summed E-state index contributed by atoms with van der Waals surface area (Å²) in [7, 11) is 0. The van der Waals surface area contributed by atoms with Crippen LogP contribution in [0.4, 0.5) is 10.7 Å². The van der Waals surface area contributed by atoms with Crippen molar-refractivity contribution in [1.82, 2.24) is 9.97 Å². The number of halogens is 2. The number of aliphatic hydroxyl groups excluding tert-OH is 1. The van der Waals surface area contributed by atoms with E-state index >= 15 is 0 Å². The van der Waals surface area contributed by atoms with Gasteiger partial charge in [0.2, 0.25) is 5.95 Å². The predicted molar refractivity (Wildman–Crippen MR) is 136 cm³/mol. The number of anilines is 1. The molecule has 0 fully saturated rings. The van der Waals surface area contributed by atoms with Gasteiger partial charge in [0.15, 0.2) is 0 Å². The summed E-state index contributed by atoms with van der Waals surface area (Å²) in [6.45, 7) is 0.0608. The molecule has 0 spiro atoms. The Hall–Kier alpha value is -3.45. The quantitative estimate of drug-likeness (QED) is 0.328. The van der Waals surface area contributed by atoms with Crippen molar-refractivity contribution in [2.24, 2.45) is 0 Å². The fourth-order valence-electron chi connectivity index (χ4n) is 4.24. The molecular weight excluding hydrogens is 485 g/mol. The standard InChI is InChI=1S/C27H21Cl2N3O3/c28-23-10-9-18(12-24(23)29)22-11-19-13-30-26(31-25(19)21-4-2-1-3-20(21)22)32-27(34)35-15-17-7-5-16(14-33)6-8-17/h1-10,12-13,22,33H,11,14-15H2,(H,30,31,32,34)/t22-/m0/s1. The first-order chi connectivity index (χ1) is 17.0. The zero-order chi connectivity index (χ0) is 24.4. The number of nitrogens with one attached hydrogen (secondary N) is 1. The number of hydrogen-bond donors (Lipinski definition) is 2. The molecule has 1 atom stereocenters. The lowest BCUT2D eigenvalue weighted by atomic mass is 9.78.